The van der Waals surface area contributed by atoms with E-state index in [1.807, 2.05) is 0 Å². The Hall–Kier alpha value is -0.820. The van der Waals surface area contributed by atoms with Crippen molar-refractivity contribution in [1.82, 2.24) is 0 Å². The van der Waals surface area contributed by atoms with Gasteiger partial charge in [-0.15, -0.1) is 0 Å². The molecular weight excluding hydrogens is 232 g/mol. The first-order valence-electron chi connectivity index (χ1n) is 7.76. The Morgan fingerprint density at radius 3 is 2.05 bits per heavy atom. The van der Waals surface area contributed by atoms with Crippen LogP contribution >= 0.6 is 0 Å². The molecule has 0 spiro atoms. The van der Waals surface area contributed by atoms with Crippen LogP contribution in [0.15, 0.2) is 6.07 Å². The molecule has 0 aliphatic heterocycles. The number of hydrogen-bond donors (Lipinski definition) is 1. The van der Waals surface area contributed by atoms with Crippen LogP contribution in [0.25, 0.3) is 0 Å². The van der Waals surface area contributed by atoms with Crippen LogP contribution in [0, 0.1) is 33.6 Å². The Bertz CT molecular complexity index is 415. The van der Waals surface area contributed by atoms with Gasteiger partial charge < -0.3 is 5.11 Å². The molecule has 19 heavy (non-hydrogen) atoms. The van der Waals surface area contributed by atoms with Crippen molar-refractivity contribution in [3.63, 3.8) is 0 Å². The molecule has 0 amide bonds. The molecule has 0 aromatic heterocycles. The largest absolute Gasteiger partial charge is 0.388 e. The highest BCUT2D eigenvalue weighted by Gasteiger charge is 2.22. The van der Waals surface area contributed by atoms with Crippen molar-refractivity contribution < 1.29 is 5.11 Å². The van der Waals surface area contributed by atoms with Crippen molar-refractivity contribution in [2.45, 2.75) is 72.3 Å². The topological polar surface area (TPSA) is 20.2 Å². The third-order valence-corrected chi connectivity index (χ3v) is 5.04. The molecule has 106 valence electrons. The Morgan fingerprint density at radius 2 is 1.53 bits per heavy atom. The minimum Gasteiger partial charge on any atom is -0.388 e. The molecule has 2 rings (SSSR count). The molecule has 0 radical (unpaired) electrons. The van der Waals surface area contributed by atoms with E-state index in [-0.39, 0.29) is 6.10 Å². The zero-order valence-corrected chi connectivity index (χ0v) is 12.9. The SMILES string of the molecule is Cc1cc(C)c(C)c(C(O)CC2CCCCC2)c1C. The molecule has 1 aliphatic rings. The van der Waals surface area contributed by atoms with Crippen molar-refractivity contribution in [2.75, 3.05) is 0 Å². The summed E-state index contributed by atoms with van der Waals surface area (Å²) >= 11 is 0. The van der Waals surface area contributed by atoms with Gasteiger partial charge in [-0.05, 0) is 67.9 Å². The summed E-state index contributed by atoms with van der Waals surface area (Å²) < 4.78 is 0. The van der Waals surface area contributed by atoms with Gasteiger partial charge in [-0.25, -0.2) is 0 Å². The van der Waals surface area contributed by atoms with Crippen molar-refractivity contribution in [1.29, 1.82) is 0 Å². The molecule has 1 fully saturated rings. The van der Waals surface area contributed by atoms with E-state index in [0.717, 1.165) is 12.3 Å². The van der Waals surface area contributed by atoms with E-state index in [1.54, 1.807) is 0 Å². The molecule has 1 aromatic carbocycles. The summed E-state index contributed by atoms with van der Waals surface area (Å²) in [5.74, 6) is 0.725. The fourth-order valence-electron chi connectivity index (χ4n) is 3.60. The van der Waals surface area contributed by atoms with Crippen LogP contribution < -0.4 is 0 Å². The van der Waals surface area contributed by atoms with E-state index in [1.165, 1.54) is 59.9 Å². The van der Waals surface area contributed by atoms with E-state index in [0.29, 0.717) is 0 Å². The molecule has 0 bridgehead atoms. The summed E-state index contributed by atoms with van der Waals surface area (Å²) in [6.07, 6.45) is 7.37. The molecule has 1 atom stereocenters. The fraction of sp³-hybridized carbons (Fsp3) is 0.667. The average molecular weight is 260 g/mol. The lowest BCUT2D eigenvalue weighted by Crippen LogP contribution is -2.13. The molecule has 1 saturated carbocycles. The van der Waals surface area contributed by atoms with Gasteiger partial charge in [0, 0.05) is 0 Å². The van der Waals surface area contributed by atoms with Crippen LogP contribution in [0.3, 0.4) is 0 Å². The number of aliphatic hydroxyl groups is 1. The predicted octanol–water partition coefficient (Wildman–Crippen LogP) is 4.92. The van der Waals surface area contributed by atoms with E-state index < -0.39 is 0 Å². The molecule has 1 aliphatic carbocycles. The maximum absolute atomic E-state index is 10.7. The smallest absolute Gasteiger partial charge is 0.0798 e. The summed E-state index contributed by atoms with van der Waals surface area (Å²) in [5, 5.41) is 10.7. The van der Waals surface area contributed by atoms with Gasteiger partial charge in [0.05, 0.1) is 6.10 Å². The van der Waals surface area contributed by atoms with Gasteiger partial charge in [0.25, 0.3) is 0 Å². The van der Waals surface area contributed by atoms with Crippen LogP contribution in [0.1, 0.15) is 72.4 Å². The second-order valence-electron chi connectivity index (χ2n) is 6.43. The molecule has 1 aromatic rings. The lowest BCUT2D eigenvalue weighted by molar-refractivity contribution is 0.130. The van der Waals surface area contributed by atoms with Crippen LogP contribution in [0.4, 0.5) is 0 Å². The molecule has 1 unspecified atom stereocenters. The van der Waals surface area contributed by atoms with E-state index in [4.69, 9.17) is 0 Å². The highest BCUT2D eigenvalue weighted by molar-refractivity contribution is 5.45. The zero-order chi connectivity index (χ0) is 14.0. The summed E-state index contributed by atoms with van der Waals surface area (Å²) in [6, 6.07) is 2.24. The fourth-order valence-corrected chi connectivity index (χ4v) is 3.60. The summed E-state index contributed by atoms with van der Waals surface area (Å²) in [5.41, 5.74) is 6.38. The van der Waals surface area contributed by atoms with Gasteiger partial charge >= 0.3 is 0 Å². The Balaban J connectivity index is 2.20. The number of hydrogen-bond acceptors (Lipinski definition) is 1. The number of rotatable bonds is 3. The molecule has 1 nitrogen and oxygen atoms in total. The van der Waals surface area contributed by atoms with Crippen molar-refractivity contribution in [3.8, 4) is 0 Å². The minimum atomic E-state index is -0.276. The maximum Gasteiger partial charge on any atom is 0.0798 e. The lowest BCUT2D eigenvalue weighted by Gasteiger charge is -2.26. The first-order valence-corrected chi connectivity index (χ1v) is 7.76. The van der Waals surface area contributed by atoms with Crippen molar-refractivity contribution >= 4 is 0 Å². The highest BCUT2D eigenvalue weighted by Crippen LogP contribution is 2.35. The van der Waals surface area contributed by atoms with E-state index in [2.05, 4.69) is 33.8 Å². The minimum absolute atomic E-state index is 0.276. The standard InChI is InChI=1S/C18H28O/c1-12-10-13(2)15(4)18(14(12)3)17(19)11-16-8-6-5-7-9-16/h10,16-17,19H,5-9,11H2,1-4H3. The molecular formula is C18H28O. The monoisotopic (exact) mass is 260 g/mol. The number of benzene rings is 1. The predicted molar refractivity (Wildman–Crippen MR) is 81.5 cm³/mol. The zero-order valence-electron chi connectivity index (χ0n) is 12.9. The Labute approximate surface area is 118 Å². The third kappa shape index (κ3) is 3.20. The highest BCUT2D eigenvalue weighted by atomic mass is 16.3. The first-order chi connectivity index (χ1) is 9.00. The summed E-state index contributed by atoms with van der Waals surface area (Å²) in [7, 11) is 0. The van der Waals surface area contributed by atoms with Crippen molar-refractivity contribution in [2.24, 2.45) is 5.92 Å². The number of aryl methyl sites for hydroxylation is 2. The third-order valence-electron chi connectivity index (χ3n) is 5.04. The second-order valence-corrected chi connectivity index (χ2v) is 6.43. The van der Waals surface area contributed by atoms with Crippen LogP contribution in [0.5, 0.6) is 0 Å². The Kier molecular flexibility index (Phi) is 4.67. The van der Waals surface area contributed by atoms with Crippen LogP contribution in [0.2, 0.25) is 0 Å². The Morgan fingerprint density at radius 1 is 1.00 bits per heavy atom. The second kappa shape index (κ2) is 6.09. The van der Waals surface area contributed by atoms with Gasteiger partial charge in [0.1, 0.15) is 0 Å². The molecule has 1 heteroatoms. The first kappa shape index (κ1) is 14.6. The summed E-state index contributed by atoms with van der Waals surface area (Å²) in [4.78, 5) is 0. The molecule has 1 N–H and O–H groups in total. The van der Waals surface area contributed by atoms with Gasteiger partial charge in [-0.2, -0.15) is 0 Å². The van der Waals surface area contributed by atoms with Crippen LogP contribution in [-0.2, 0) is 0 Å². The van der Waals surface area contributed by atoms with Crippen LogP contribution in [-0.4, -0.2) is 5.11 Å². The maximum atomic E-state index is 10.7. The average Bonchev–Trinajstić information content (AvgIpc) is 2.38. The van der Waals surface area contributed by atoms with Gasteiger partial charge in [0.2, 0.25) is 0 Å². The van der Waals surface area contributed by atoms with Gasteiger partial charge in [-0.3, -0.25) is 0 Å². The van der Waals surface area contributed by atoms with E-state index in [9.17, 15) is 5.11 Å². The quantitative estimate of drug-likeness (QED) is 0.817. The van der Waals surface area contributed by atoms with Gasteiger partial charge in [0.15, 0.2) is 0 Å². The molecule has 0 saturated heterocycles. The van der Waals surface area contributed by atoms with Gasteiger partial charge in [-0.1, -0.05) is 38.2 Å². The number of aliphatic hydroxyl groups excluding tert-OH is 1. The van der Waals surface area contributed by atoms with Crippen molar-refractivity contribution in [3.05, 3.63) is 33.9 Å². The summed E-state index contributed by atoms with van der Waals surface area (Å²) in [6.45, 7) is 8.61. The normalized spacial score (nSPS) is 18.6. The lowest BCUT2D eigenvalue weighted by atomic mass is 9.82. The molecule has 0 heterocycles. The van der Waals surface area contributed by atoms with E-state index >= 15 is 0 Å².